The number of carboxylic acid groups (broad SMARTS) is 1. The monoisotopic (exact) mass is 365 g/mol. The second-order valence-corrected chi connectivity index (χ2v) is 5.65. The van der Waals surface area contributed by atoms with Crippen LogP contribution in [0.25, 0.3) is 6.08 Å². The Morgan fingerprint density at radius 1 is 1.19 bits per heavy atom. The van der Waals surface area contributed by atoms with Crippen molar-refractivity contribution in [3.05, 3.63) is 41.7 Å². The number of methoxy groups -OCH3 is 1. The van der Waals surface area contributed by atoms with Crippen molar-refractivity contribution in [3.63, 3.8) is 0 Å². The predicted molar refractivity (Wildman–Crippen MR) is 102 cm³/mol. The average Bonchev–Trinajstić information content (AvgIpc) is 2.66. The van der Waals surface area contributed by atoms with Crippen molar-refractivity contribution < 1.29 is 24.2 Å². The van der Waals surface area contributed by atoms with E-state index in [0.29, 0.717) is 0 Å². The Labute approximate surface area is 156 Å². The molecule has 26 heavy (non-hydrogen) atoms. The Balaban J connectivity index is 0.00000110. The maximum atomic E-state index is 12.2. The third-order valence-electron chi connectivity index (χ3n) is 3.55. The van der Waals surface area contributed by atoms with E-state index in [1.165, 1.54) is 20.0 Å². The van der Waals surface area contributed by atoms with Crippen LogP contribution < -0.4 is 5.73 Å². The van der Waals surface area contributed by atoms with E-state index >= 15 is 0 Å². The highest BCUT2D eigenvalue weighted by atomic mass is 16.6. The van der Waals surface area contributed by atoms with Crippen molar-refractivity contribution in [2.24, 2.45) is 5.73 Å². The zero-order chi connectivity index (χ0) is 19.8. The molecule has 1 rings (SSSR count). The van der Waals surface area contributed by atoms with Crippen molar-refractivity contribution in [1.82, 2.24) is 0 Å². The van der Waals surface area contributed by atoms with E-state index in [0.717, 1.165) is 24.8 Å². The molecule has 0 aliphatic heterocycles. The van der Waals surface area contributed by atoms with E-state index in [4.69, 9.17) is 14.6 Å². The smallest absolute Gasteiger partial charge is 0.373 e. The van der Waals surface area contributed by atoms with Crippen LogP contribution in [0.15, 0.2) is 36.1 Å². The van der Waals surface area contributed by atoms with E-state index in [2.05, 4.69) is 12.7 Å². The number of benzene rings is 1. The molecule has 6 nitrogen and oxygen atoms in total. The van der Waals surface area contributed by atoms with Crippen LogP contribution in [-0.2, 0) is 19.1 Å². The molecular formula is C20H31NO5. The number of carbonyl (C=O) groups is 2. The summed E-state index contributed by atoms with van der Waals surface area (Å²) in [5, 5.41) is 7.60. The van der Waals surface area contributed by atoms with Crippen LogP contribution in [0.4, 0.5) is 0 Å². The van der Waals surface area contributed by atoms with Gasteiger partial charge in [-0.15, -0.1) is 0 Å². The van der Waals surface area contributed by atoms with Gasteiger partial charge in [0.15, 0.2) is 0 Å². The van der Waals surface area contributed by atoms with Gasteiger partial charge in [-0.05, 0) is 30.9 Å². The number of ether oxygens (including phenoxy) is 2. The Hall–Kier alpha value is -2.34. The summed E-state index contributed by atoms with van der Waals surface area (Å²) in [6.07, 6.45) is 6.86. The number of hydrogen-bond donors (Lipinski definition) is 2. The Bertz CT molecular complexity index is 542. The third kappa shape index (κ3) is 11.3. The molecule has 1 aromatic rings. The lowest BCUT2D eigenvalue weighted by Gasteiger charge is -2.16. The predicted octanol–water partition coefficient (Wildman–Crippen LogP) is 3.61. The number of aliphatic carboxylic acids is 1. The highest BCUT2D eigenvalue weighted by Gasteiger charge is 2.17. The fraction of sp³-hybridized carbons (Fsp3) is 0.500. The molecule has 0 amide bonds. The van der Waals surface area contributed by atoms with Crippen LogP contribution in [-0.4, -0.2) is 36.8 Å². The van der Waals surface area contributed by atoms with E-state index in [9.17, 15) is 9.59 Å². The summed E-state index contributed by atoms with van der Waals surface area (Å²) in [6.45, 7) is 3.93. The Morgan fingerprint density at radius 2 is 1.81 bits per heavy atom. The van der Waals surface area contributed by atoms with Crippen molar-refractivity contribution in [3.8, 4) is 0 Å². The normalized spacial score (nSPS) is 11.8. The van der Waals surface area contributed by atoms with Crippen molar-refractivity contribution in [2.75, 3.05) is 13.7 Å². The molecule has 3 N–H and O–H groups in total. The van der Waals surface area contributed by atoms with Crippen LogP contribution in [0.2, 0.25) is 0 Å². The minimum atomic E-state index is -0.968. The number of esters is 1. The minimum absolute atomic E-state index is 0.0293. The zero-order valence-corrected chi connectivity index (χ0v) is 15.9. The van der Waals surface area contributed by atoms with Crippen molar-refractivity contribution in [1.29, 1.82) is 0 Å². The van der Waals surface area contributed by atoms with Crippen LogP contribution in [0.5, 0.6) is 0 Å². The number of hydrogen-bond acceptors (Lipinski definition) is 5. The summed E-state index contributed by atoms with van der Waals surface area (Å²) in [6, 6.07) is 9.62. The molecule has 1 unspecified atom stereocenters. The average molecular weight is 365 g/mol. The maximum absolute atomic E-state index is 12.2. The molecule has 6 heteroatoms. The quantitative estimate of drug-likeness (QED) is 0.284. The largest absolute Gasteiger partial charge is 0.490 e. The number of nitrogens with two attached hydrogens (primary N) is 1. The SMILES string of the molecule is CCCCCC(CC)OC(=O)C(=Cc1ccccc1)OC.NCC(=O)O. The van der Waals surface area contributed by atoms with Crippen molar-refractivity contribution >= 4 is 18.0 Å². The van der Waals surface area contributed by atoms with Crippen LogP contribution >= 0.6 is 0 Å². The van der Waals surface area contributed by atoms with E-state index < -0.39 is 5.97 Å². The minimum Gasteiger partial charge on any atom is -0.490 e. The molecule has 0 bridgehead atoms. The van der Waals surface area contributed by atoms with Crippen molar-refractivity contribution in [2.45, 2.75) is 52.1 Å². The highest BCUT2D eigenvalue weighted by molar-refractivity contribution is 5.91. The first-order valence-electron chi connectivity index (χ1n) is 8.91. The molecule has 1 aromatic carbocycles. The Kier molecular flexibility index (Phi) is 13.6. The number of unbranched alkanes of at least 4 members (excludes halogenated alkanes) is 2. The summed E-state index contributed by atoms with van der Waals surface area (Å²) in [5.41, 5.74) is 5.49. The lowest BCUT2D eigenvalue weighted by Crippen LogP contribution is -2.19. The van der Waals surface area contributed by atoms with Gasteiger partial charge in [0.25, 0.3) is 0 Å². The lowest BCUT2D eigenvalue weighted by atomic mass is 10.1. The standard InChI is InChI=1S/C18H26O3.C2H5NO2/c1-4-6-8-13-16(5-2)21-18(19)17(20-3)14-15-11-9-7-10-12-15;3-1-2(4)5/h7,9-12,14,16H,4-6,8,13H2,1-3H3;1,3H2,(H,4,5). The van der Waals surface area contributed by atoms with Gasteiger partial charge in [-0.3, -0.25) is 4.79 Å². The number of carbonyl (C=O) groups excluding carboxylic acids is 1. The molecule has 0 aromatic heterocycles. The molecule has 146 valence electrons. The van der Waals surface area contributed by atoms with E-state index in [-0.39, 0.29) is 24.4 Å². The molecule has 0 aliphatic rings. The maximum Gasteiger partial charge on any atom is 0.373 e. The fourth-order valence-corrected chi connectivity index (χ4v) is 2.08. The number of carboxylic acids is 1. The van der Waals surface area contributed by atoms with Gasteiger partial charge in [-0.2, -0.15) is 0 Å². The van der Waals surface area contributed by atoms with E-state index in [1.54, 1.807) is 6.08 Å². The lowest BCUT2D eigenvalue weighted by molar-refractivity contribution is -0.148. The topological polar surface area (TPSA) is 98.9 Å². The molecule has 0 aliphatic carbocycles. The Morgan fingerprint density at radius 3 is 2.27 bits per heavy atom. The van der Waals surface area contributed by atoms with Gasteiger partial charge in [0.1, 0.15) is 6.10 Å². The molecule has 0 spiro atoms. The van der Waals surface area contributed by atoms with Gasteiger partial charge in [-0.25, -0.2) is 4.79 Å². The summed E-state index contributed by atoms with van der Waals surface area (Å²) >= 11 is 0. The van der Waals surface area contributed by atoms with Crippen LogP contribution in [0, 0.1) is 0 Å². The van der Waals surface area contributed by atoms with Gasteiger partial charge < -0.3 is 20.3 Å². The summed E-state index contributed by atoms with van der Waals surface area (Å²) in [7, 11) is 1.49. The highest BCUT2D eigenvalue weighted by Crippen LogP contribution is 2.14. The molecule has 0 heterocycles. The number of rotatable bonds is 10. The first-order valence-corrected chi connectivity index (χ1v) is 8.91. The molecule has 1 atom stereocenters. The second-order valence-electron chi connectivity index (χ2n) is 5.65. The van der Waals surface area contributed by atoms with Gasteiger partial charge >= 0.3 is 11.9 Å². The summed E-state index contributed by atoms with van der Waals surface area (Å²) in [5.74, 6) is -1.11. The summed E-state index contributed by atoms with van der Waals surface area (Å²) in [4.78, 5) is 21.4. The fourth-order valence-electron chi connectivity index (χ4n) is 2.08. The third-order valence-corrected chi connectivity index (χ3v) is 3.55. The molecule has 0 fully saturated rings. The molecular weight excluding hydrogens is 334 g/mol. The van der Waals surface area contributed by atoms with Gasteiger partial charge in [0.05, 0.1) is 13.7 Å². The van der Waals surface area contributed by atoms with Crippen LogP contribution in [0.3, 0.4) is 0 Å². The first-order chi connectivity index (χ1) is 12.5. The molecule has 0 saturated carbocycles. The first kappa shape index (κ1) is 23.7. The molecule has 0 radical (unpaired) electrons. The molecule has 0 saturated heterocycles. The van der Waals surface area contributed by atoms with E-state index in [1.807, 2.05) is 37.3 Å². The second kappa shape index (κ2) is 15.0. The van der Waals surface area contributed by atoms with Gasteiger partial charge in [0, 0.05) is 0 Å². The summed E-state index contributed by atoms with van der Waals surface area (Å²) < 4.78 is 10.7. The van der Waals surface area contributed by atoms with Gasteiger partial charge in [-0.1, -0.05) is 57.0 Å². The zero-order valence-electron chi connectivity index (χ0n) is 15.9. The van der Waals surface area contributed by atoms with Crippen LogP contribution in [0.1, 0.15) is 51.5 Å². The van der Waals surface area contributed by atoms with Gasteiger partial charge in [0.2, 0.25) is 5.76 Å².